The van der Waals surface area contributed by atoms with E-state index in [9.17, 15) is 10.1 Å². The van der Waals surface area contributed by atoms with Crippen LogP contribution in [0.25, 0.3) is 11.0 Å². The van der Waals surface area contributed by atoms with Gasteiger partial charge in [0.15, 0.2) is 5.75 Å². The molecule has 0 aliphatic carbocycles. The smallest absolute Gasteiger partial charge is 0.343 e. The van der Waals surface area contributed by atoms with E-state index in [1.54, 1.807) is 42.5 Å². The van der Waals surface area contributed by atoms with E-state index in [1.807, 2.05) is 0 Å². The van der Waals surface area contributed by atoms with Crippen LogP contribution in [-0.2, 0) is 0 Å². The second-order valence-electron chi connectivity index (χ2n) is 6.07. The molecule has 0 bridgehead atoms. The highest BCUT2D eigenvalue weighted by atomic mass is 79.9. The third-order valence-electron chi connectivity index (χ3n) is 4.60. The number of fused-ring (bicyclic) bond motifs is 3. The molecule has 0 saturated heterocycles. The standard InChI is InChI=1S/C20H13BrN2O4/c1-25-14-7-6-10(21)8-12(14)16-13(9-22)19(23)27-18-11-4-2-3-5-15(11)26-20(24)17(16)18/h2-8,13,16,23H,1H3. The van der Waals surface area contributed by atoms with Gasteiger partial charge < -0.3 is 13.9 Å². The van der Waals surface area contributed by atoms with Gasteiger partial charge in [-0.15, -0.1) is 0 Å². The van der Waals surface area contributed by atoms with Crippen molar-refractivity contribution in [3.05, 3.63) is 68.5 Å². The SMILES string of the molecule is COc1ccc(Br)cc1C1c2c(c3ccccc3oc2=O)OC(=N)C1C#N. The first-order valence-corrected chi connectivity index (χ1v) is 8.89. The number of methoxy groups -OCH3 is 1. The molecule has 1 aliphatic heterocycles. The second kappa shape index (κ2) is 6.56. The van der Waals surface area contributed by atoms with Crippen LogP contribution in [0.15, 0.2) is 56.1 Å². The van der Waals surface area contributed by atoms with Crippen molar-refractivity contribution in [1.82, 2.24) is 0 Å². The molecule has 2 aromatic carbocycles. The summed E-state index contributed by atoms with van der Waals surface area (Å²) >= 11 is 3.42. The van der Waals surface area contributed by atoms with Crippen LogP contribution >= 0.6 is 15.9 Å². The predicted molar refractivity (Wildman–Crippen MR) is 102 cm³/mol. The number of nitriles is 1. The molecule has 0 radical (unpaired) electrons. The van der Waals surface area contributed by atoms with Gasteiger partial charge in [0.2, 0.25) is 5.90 Å². The zero-order chi connectivity index (χ0) is 19.1. The van der Waals surface area contributed by atoms with E-state index in [0.717, 1.165) is 4.47 Å². The monoisotopic (exact) mass is 424 g/mol. The summed E-state index contributed by atoms with van der Waals surface area (Å²) in [5.74, 6) is -1.18. The van der Waals surface area contributed by atoms with Crippen LogP contribution in [0.1, 0.15) is 17.0 Å². The maximum atomic E-state index is 12.8. The topological polar surface area (TPSA) is 96.3 Å². The summed E-state index contributed by atoms with van der Waals surface area (Å²) in [6, 6.07) is 14.4. The highest BCUT2D eigenvalue weighted by molar-refractivity contribution is 9.10. The zero-order valence-electron chi connectivity index (χ0n) is 14.2. The summed E-state index contributed by atoms with van der Waals surface area (Å²) in [5.41, 5.74) is 0.593. The average molecular weight is 425 g/mol. The van der Waals surface area contributed by atoms with Gasteiger partial charge in [0, 0.05) is 16.0 Å². The molecule has 1 aliphatic rings. The van der Waals surface area contributed by atoms with Gasteiger partial charge >= 0.3 is 5.63 Å². The molecule has 0 spiro atoms. The normalized spacial score (nSPS) is 18.5. The number of benzene rings is 2. The second-order valence-corrected chi connectivity index (χ2v) is 6.98. The highest BCUT2D eigenvalue weighted by Gasteiger charge is 2.42. The maximum Gasteiger partial charge on any atom is 0.343 e. The lowest BCUT2D eigenvalue weighted by Crippen LogP contribution is -2.34. The van der Waals surface area contributed by atoms with Crippen molar-refractivity contribution in [2.45, 2.75) is 5.92 Å². The Hall–Kier alpha value is -3.11. The number of nitrogens with zero attached hydrogens (tertiary/aromatic N) is 1. The molecule has 2 unspecified atom stereocenters. The predicted octanol–water partition coefficient (Wildman–Crippen LogP) is 4.21. The van der Waals surface area contributed by atoms with E-state index in [0.29, 0.717) is 22.3 Å². The molecule has 2 heterocycles. The number of para-hydroxylation sites is 1. The van der Waals surface area contributed by atoms with Crippen molar-refractivity contribution in [3.8, 4) is 17.6 Å². The van der Waals surface area contributed by atoms with E-state index in [1.165, 1.54) is 7.11 Å². The van der Waals surface area contributed by atoms with Crippen molar-refractivity contribution >= 4 is 32.8 Å². The fraction of sp³-hybridized carbons (Fsp3) is 0.150. The van der Waals surface area contributed by atoms with Crippen LogP contribution in [0.4, 0.5) is 0 Å². The molecule has 7 heteroatoms. The van der Waals surface area contributed by atoms with Gasteiger partial charge in [-0.1, -0.05) is 28.1 Å². The van der Waals surface area contributed by atoms with E-state index in [4.69, 9.17) is 19.3 Å². The number of hydrogen-bond donors (Lipinski definition) is 1. The van der Waals surface area contributed by atoms with Crippen molar-refractivity contribution in [3.63, 3.8) is 0 Å². The molecule has 3 aromatic rings. The molecule has 6 nitrogen and oxygen atoms in total. The molecule has 0 fully saturated rings. The van der Waals surface area contributed by atoms with Gasteiger partial charge in [0.05, 0.1) is 24.1 Å². The van der Waals surface area contributed by atoms with E-state index in [2.05, 4.69) is 22.0 Å². The first-order valence-electron chi connectivity index (χ1n) is 8.10. The molecule has 0 amide bonds. The van der Waals surface area contributed by atoms with Crippen LogP contribution < -0.4 is 15.1 Å². The number of rotatable bonds is 2. The third kappa shape index (κ3) is 2.69. The van der Waals surface area contributed by atoms with Gasteiger partial charge in [-0.05, 0) is 30.3 Å². The van der Waals surface area contributed by atoms with Crippen LogP contribution in [0.5, 0.6) is 11.5 Å². The van der Waals surface area contributed by atoms with Crippen LogP contribution in [0.3, 0.4) is 0 Å². The molecule has 134 valence electrons. The first kappa shape index (κ1) is 17.3. The van der Waals surface area contributed by atoms with Crippen LogP contribution in [0.2, 0.25) is 0 Å². The van der Waals surface area contributed by atoms with Gasteiger partial charge in [-0.3, -0.25) is 5.41 Å². The molecule has 0 saturated carbocycles. The Morgan fingerprint density at radius 2 is 2.04 bits per heavy atom. The molecular formula is C20H13BrN2O4. The molecule has 27 heavy (non-hydrogen) atoms. The van der Waals surface area contributed by atoms with Crippen molar-refractivity contribution in [2.24, 2.45) is 5.92 Å². The average Bonchev–Trinajstić information content (AvgIpc) is 2.67. The maximum absolute atomic E-state index is 12.8. The fourth-order valence-electron chi connectivity index (χ4n) is 3.42. The largest absolute Gasteiger partial charge is 0.496 e. The summed E-state index contributed by atoms with van der Waals surface area (Å²) < 4.78 is 17.3. The summed E-state index contributed by atoms with van der Waals surface area (Å²) in [7, 11) is 1.52. The Bertz CT molecular complexity index is 1180. The van der Waals surface area contributed by atoms with Gasteiger partial charge in [0.25, 0.3) is 0 Å². The van der Waals surface area contributed by atoms with E-state index in [-0.39, 0.29) is 17.2 Å². The summed E-state index contributed by atoms with van der Waals surface area (Å²) in [4.78, 5) is 12.8. The molecular weight excluding hydrogens is 412 g/mol. The Kier molecular flexibility index (Phi) is 4.21. The Morgan fingerprint density at radius 1 is 1.26 bits per heavy atom. The molecule has 4 rings (SSSR count). The van der Waals surface area contributed by atoms with Crippen molar-refractivity contribution in [1.29, 1.82) is 10.7 Å². The summed E-state index contributed by atoms with van der Waals surface area (Å²) in [6.45, 7) is 0. The minimum Gasteiger partial charge on any atom is -0.496 e. The quantitative estimate of drug-likeness (QED) is 0.621. The lowest BCUT2D eigenvalue weighted by Gasteiger charge is -2.30. The fourth-order valence-corrected chi connectivity index (χ4v) is 3.80. The van der Waals surface area contributed by atoms with Crippen molar-refractivity contribution in [2.75, 3.05) is 7.11 Å². The zero-order valence-corrected chi connectivity index (χ0v) is 15.7. The van der Waals surface area contributed by atoms with E-state index < -0.39 is 17.5 Å². The highest BCUT2D eigenvalue weighted by Crippen LogP contribution is 2.46. The van der Waals surface area contributed by atoms with Crippen LogP contribution in [0, 0.1) is 22.7 Å². The Balaban J connectivity index is 2.10. The van der Waals surface area contributed by atoms with Crippen molar-refractivity contribution < 1.29 is 13.9 Å². The molecule has 2 atom stereocenters. The number of hydrogen-bond acceptors (Lipinski definition) is 6. The number of halogens is 1. The molecule has 1 aromatic heterocycles. The number of ether oxygens (including phenoxy) is 2. The van der Waals surface area contributed by atoms with E-state index >= 15 is 0 Å². The number of nitrogens with one attached hydrogen (secondary N) is 1. The summed E-state index contributed by atoms with van der Waals surface area (Å²) in [5, 5.41) is 18.5. The lowest BCUT2D eigenvalue weighted by molar-refractivity contribution is 0.394. The third-order valence-corrected chi connectivity index (χ3v) is 5.10. The first-order chi connectivity index (χ1) is 13.0. The Morgan fingerprint density at radius 3 is 2.78 bits per heavy atom. The minimum atomic E-state index is -0.982. The summed E-state index contributed by atoms with van der Waals surface area (Å²) in [6.07, 6.45) is 0. The van der Waals surface area contributed by atoms with Gasteiger partial charge in [-0.2, -0.15) is 5.26 Å². The van der Waals surface area contributed by atoms with Crippen LogP contribution in [-0.4, -0.2) is 13.0 Å². The minimum absolute atomic E-state index is 0.215. The molecule has 1 N–H and O–H groups in total. The van der Waals surface area contributed by atoms with Gasteiger partial charge in [0.1, 0.15) is 17.3 Å². The Labute approximate surface area is 162 Å². The van der Waals surface area contributed by atoms with Gasteiger partial charge in [-0.25, -0.2) is 4.79 Å². The lowest BCUT2D eigenvalue weighted by atomic mass is 9.79.